The average Bonchev–Trinajstić information content (AvgIpc) is 3.75. The predicted molar refractivity (Wildman–Crippen MR) is 273 cm³/mol. The van der Waals surface area contributed by atoms with Crippen LogP contribution in [0.5, 0.6) is 0 Å². The van der Waals surface area contributed by atoms with E-state index in [1.54, 1.807) is 12.1 Å². The van der Waals surface area contributed by atoms with Gasteiger partial charge >= 0.3 is 0 Å². The van der Waals surface area contributed by atoms with Crippen molar-refractivity contribution in [1.82, 2.24) is 14.5 Å². The van der Waals surface area contributed by atoms with Crippen molar-refractivity contribution in [2.75, 3.05) is 0 Å². The fraction of sp³-hybridized carbons (Fsp3) is 0. The molecule has 7 heteroatoms. The first-order valence-electron chi connectivity index (χ1n) is 22.3. The Morgan fingerprint density at radius 2 is 0.710 bits per heavy atom. The van der Waals surface area contributed by atoms with Crippen molar-refractivity contribution in [3.63, 3.8) is 0 Å². The third-order valence-electron chi connectivity index (χ3n) is 12.5. The molecule has 2 aromatic heterocycles. The van der Waals surface area contributed by atoms with E-state index in [1.807, 2.05) is 152 Å². The van der Waals surface area contributed by atoms with Crippen molar-refractivity contribution < 1.29 is 0 Å². The molecule has 0 aliphatic rings. The number of rotatable bonds is 8. The molecule has 0 fully saturated rings. The summed E-state index contributed by atoms with van der Waals surface area (Å²) in [6.45, 7) is 0. The number of hydrogen-bond donors (Lipinski definition) is 0. The van der Waals surface area contributed by atoms with Crippen LogP contribution >= 0.6 is 0 Å². The van der Waals surface area contributed by atoms with E-state index in [2.05, 4.69) is 77.4 Å². The molecule has 0 radical (unpaired) electrons. The van der Waals surface area contributed by atoms with Crippen molar-refractivity contribution >= 4 is 21.8 Å². The van der Waals surface area contributed by atoms with Gasteiger partial charge in [0.05, 0.1) is 74.6 Å². The molecule has 0 N–H and O–H groups in total. The Morgan fingerprint density at radius 1 is 0.304 bits per heavy atom. The summed E-state index contributed by atoms with van der Waals surface area (Å²) in [5.41, 5.74) is 16.2. The highest BCUT2D eigenvalue weighted by atomic mass is 15.0. The lowest BCUT2D eigenvalue weighted by molar-refractivity contribution is 1.17. The third kappa shape index (κ3) is 7.82. The zero-order valence-electron chi connectivity index (χ0n) is 36.8. The van der Waals surface area contributed by atoms with Gasteiger partial charge in [0.2, 0.25) is 0 Å². The Morgan fingerprint density at radius 3 is 1.13 bits per heavy atom. The van der Waals surface area contributed by atoms with Crippen LogP contribution in [-0.2, 0) is 0 Å². The maximum atomic E-state index is 10.3. The largest absolute Gasteiger partial charge is 0.308 e. The molecule has 0 aliphatic carbocycles. The molecule has 0 saturated carbocycles. The minimum Gasteiger partial charge on any atom is -0.308 e. The van der Waals surface area contributed by atoms with E-state index in [0.29, 0.717) is 28.1 Å². The molecular weight excluding hydrogens is 843 g/mol. The molecule has 7 nitrogen and oxygen atoms in total. The van der Waals surface area contributed by atoms with Crippen LogP contribution in [0.1, 0.15) is 22.3 Å². The number of benzene rings is 9. The minimum atomic E-state index is 0.506. The molecule has 11 rings (SSSR count). The van der Waals surface area contributed by atoms with Gasteiger partial charge in [-0.3, -0.25) is 0 Å². The summed E-state index contributed by atoms with van der Waals surface area (Å²) >= 11 is 0. The van der Waals surface area contributed by atoms with Gasteiger partial charge < -0.3 is 4.57 Å². The Bertz CT molecular complexity index is 3720. The second kappa shape index (κ2) is 17.7. The molecule has 0 aliphatic heterocycles. The Kier molecular flexibility index (Phi) is 10.6. The van der Waals surface area contributed by atoms with Gasteiger partial charge in [0.15, 0.2) is 5.82 Å². The zero-order valence-corrected chi connectivity index (χ0v) is 36.8. The molecule has 0 spiro atoms. The minimum absolute atomic E-state index is 0.506. The molecule has 0 bridgehead atoms. The highest BCUT2D eigenvalue weighted by Crippen LogP contribution is 2.45. The van der Waals surface area contributed by atoms with Crippen LogP contribution in [0.25, 0.3) is 106 Å². The molecule has 69 heavy (non-hydrogen) atoms. The summed E-state index contributed by atoms with van der Waals surface area (Å²) in [5.74, 6) is 0.512. The molecule has 0 saturated heterocycles. The zero-order chi connectivity index (χ0) is 46.8. The fourth-order valence-electron chi connectivity index (χ4n) is 9.14. The third-order valence-corrected chi connectivity index (χ3v) is 12.5. The van der Waals surface area contributed by atoms with Crippen LogP contribution in [0.3, 0.4) is 0 Å². The van der Waals surface area contributed by atoms with Gasteiger partial charge in [0.25, 0.3) is 0 Å². The van der Waals surface area contributed by atoms with Crippen LogP contribution in [0.4, 0.5) is 0 Å². The van der Waals surface area contributed by atoms with Crippen LogP contribution in [0.15, 0.2) is 212 Å². The van der Waals surface area contributed by atoms with E-state index in [4.69, 9.17) is 9.97 Å². The Balaban J connectivity index is 1.26. The van der Waals surface area contributed by atoms with Gasteiger partial charge in [-0.05, 0) is 124 Å². The highest BCUT2D eigenvalue weighted by molar-refractivity contribution is 6.13. The molecule has 318 valence electrons. The van der Waals surface area contributed by atoms with E-state index < -0.39 is 0 Å². The number of aromatic nitrogens is 3. The summed E-state index contributed by atoms with van der Waals surface area (Å²) in [6.07, 6.45) is 0. The number of nitrogens with zero attached hydrogens (tertiary/aromatic N) is 7. The van der Waals surface area contributed by atoms with Crippen molar-refractivity contribution in [1.29, 1.82) is 21.0 Å². The Labute approximate surface area is 398 Å². The summed E-state index contributed by atoms with van der Waals surface area (Å²) in [6, 6.07) is 79.0. The van der Waals surface area contributed by atoms with Crippen molar-refractivity contribution in [2.24, 2.45) is 0 Å². The van der Waals surface area contributed by atoms with Crippen LogP contribution in [-0.4, -0.2) is 14.5 Å². The van der Waals surface area contributed by atoms with Crippen LogP contribution < -0.4 is 0 Å². The monoisotopic (exact) mass is 877 g/mol. The first-order valence-corrected chi connectivity index (χ1v) is 22.3. The van der Waals surface area contributed by atoms with Gasteiger partial charge in [0.1, 0.15) is 0 Å². The summed E-state index contributed by atoms with van der Waals surface area (Å²) in [4.78, 5) is 10.5. The van der Waals surface area contributed by atoms with E-state index in [-0.39, 0.29) is 0 Å². The van der Waals surface area contributed by atoms with Gasteiger partial charge in [-0.1, -0.05) is 121 Å². The predicted octanol–water partition coefficient (Wildman–Crippen LogP) is 14.7. The quantitative estimate of drug-likeness (QED) is 0.150. The lowest BCUT2D eigenvalue weighted by Crippen LogP contribution is -2.03. The van der Waals surface area contributed by atoms with E-state index >= 15 is 0 Å². The van der Waals surface area contributed by atoms with Gasteiger partial charge in [-0.2, -0.15) is 21.0 Å². The SMILES string of the molecule is N#Cc1ccc(-c2ccc3c(c2)c2cc(-c4ccc(C#N)cc4)ccc2n3-c2c(-c3cccc(C#N)c3)cc(-c3nc(-c4ccccc4)cc(-c4ccccc4)n3)cc2-c2cccc(C#N)c2)cc1. The molecule has 0 unspecified atom stereocenters. The normalized spacial score (nSPS) is 10.8. The number of nitriles is 4. The van der Waals surface area contributed by atoms with Crippen LogP contribution in [0, 0.1) is 45.3 Å². The van der Waals surface area contributed by atoms with Gasteiger partial charge in [-0.25, -0.2) is 9.97 Å². The molecular formula is C62H35N7. The van der Waals surface area contributed by atoms with Crippen molar-refractivity contribution in [2.45, 2.75) is 0 Å². The standard InChI is InChI=1S/C62H35N7/c63-36-40-17-21-44(22-18-40)48-25-27-59-55(31-48)56-32-49(45-23-19-41(37-64)20-24-45)26-28-60(56)69(59)61-53(50-15-7-9-42(29-50)38-65)33-52(34-54(61)51-16-8-10-43(30-51)39-66)62-67-57(46-11-3-1-4-12-46)35-58(68-62)47-13-5-2-6-14-47/h1-35H. The highest BCUT2D eigenvalue weighted by Gasteiger charge is 2.24. The average molecular weight is 878 g/mol. The summed E-state index contributed by atoms with van der Waals surface area (Å²) < 4.78 is 2.29. The van der Waals surface area contributed by atoms with Crippen molar-refractivity contribution in [3.05, 3.63) is 235 Å². The number of hydrogen-bond acceptors (Lipinski definition) is 6. The Hall–Kier alpha value is -10.2. The molecule has 0 atom stereocenters. The molecule has 2 heterocycles. The topological polar surface area (TPSA) is 126 Å². The van der Waals surface area contributed by atoms with E-state index in [0.717, 1.165) is 100 Å². The lowest BCUT2D eigenvalue weighted by Gasteiger charge is -2.21. The first kappa shape index (κ1) is 41.5. The lowest BCUT2D eigenvalue weighted by atomic mass is 9.91. The maximum absolute atomic E-state index is 10.3. The molecule has 9 aromatic carbocycles. The summed E-state index contributed by atoms with van der Waals surface area (Å²) in [7, 11) is 0. The van der Waals surface area contributed by atoms with Crippen molar-refractivity contribution in [3.8, 4) is 108 Å². The maximum Gasteiger partial charge on any atom is 0.160 e. The molecule has 11 aromatic rings. The van der Waals surface area contributed by atoms with E-state index in [1.165, 1.54) is 0 Å². The molecule has 0 amide bonds. The first-order chi connectivity index (χ1) is 34.0. The van der Waals surface area contributed by atoms with E-state index in [9.17, 15) is 21.0 Å². The second-order valence-electron chi connectivity index (χ2n) is 16.7. The van der Waals surface area contributed by atoms with Crippen LogP contribution in [0.2, 0.25) is 0 Å². The summed E-state index contributed by atoms with van der Waals surface area (Å²) in [5, 5.41) is 41.8. The van der Waals surface area contributed by atoms with Gasteiger partial charge in [-0.15, -0.1) is 0 Å². The smallest absolute Gasteiger partial charge is 0.160 e. The fourth-order valence-corrected chi connectivity index (χ4v) is 9.14. The second-order valence-corrected chi connectivity index (χ2v) is 16.7. The van der Waals surface area contributed by atoms with Gasteiger partial charge in [0, 0.05) is 38.6 Å². The number of fused-ring (bicyclic) bond motifs is 3.